The van der Waals surface area contributed by atoms with E-state index in [2.05, 4.69) is 10.1 Å². The van der Waals surface area contributed by atoms with Gasteiger partial charge in [0.15, 0.2) is 6.10 Å². The molecule has 1 amide bonds. The third-order valence-corrected chi connectivity index (χ3v) is 4.35. The van der Waals surface area contributed by atoms with Crippen molar-refractivity contribution in [3.8, 4) is 5.69 Å². The molecule has 132 valence electrons. The molecule has 0 aliphatic carbocycles. The largest absolute Gasteiger partial charge is 0.479 e. The minimum Gasteiger partial charge on any atom is -0.479 e. The zero-order valence-electron chi connectivity index (χ0n) is 13.1. The smallest absolute Gasteiger partial charge is 0.334 e. The molecule has 0 bridgehead atoms. The number of carbonyl (C=O) groups excluding carboxylic acids is 1. The minimum atomic E-state index is -1.12. The predicted molar refractivity (Wildman–Crippen MR) is 89.4 cm³/mol. The van der Waals surface area contributed by atoms with E-state index in [0.29, 0.717) is 21.6 Å². The molecule has 0 radical (unpaired) electrons. The summed E-state index contributed by atoms with van der Waals surface area (Å²) in [6.45, 7) is 2.01. The first-order chi connectivity index (χ1) is 11.9. The van der Waals surface area contributed by atoms with Gasteiger partial charge >= 0.3 is 5.97 Å². The SMILES string of the molecule is Cc1nc(C(=O)N2CCOC(C(=O)O)C2)nn1-c1c(Cl)cccc1Cl. The molecule has 1 N–H and O–H groups in total. The number of aryl methyl sites for hydroxylation is 1. The monoisotopic (exact) mass is 384 g/mol. The van der Waals surface area contributed by atoms with Crippen LogP contribution in [0.4, 0.5) is 0 Å². The van der Waals surface area contributed by atoms with Crippen molar-refractivity contribution in [1.82, 2.24) is 19.7 Å². The molecule has 1 atom stereocenters. The Bertz CT molecular complexity index is 819. The van der Waals surface area contributed by atoms with Gasteiger partial charge in [0.2, 0.25) is 5.82 Å². The first-order valence-electron chi connectivity index (χ1n) is 7.40. The second-order valence-electron chi connectivity index (χ2n) is 5.41. The Hall–Kier alpha value is -2.16. The van der Waals surface area contributed by atoms with Crippen molar-refractivity contribution < 1.29 is 19.4 Å². The molecule has 0 saturated carbocycles. The van der Waals surface area contributed by atoms with E-state index in [0.717, 1.165) is 0 Å². The number of nitrogens with zero attached hydrogens (tertiary/aromatic N) is 4. The van der Waals surface area contributed by atoms with Crippen molar-refractivity contribution in [2.24, 2.45) is 0 Å². The molecule has 25 heavy (non-hydrogen) atoms. The van der Waals surface area contributed by atoms with Gasteiger partial charge < -0.3 is 14.7 Å². The number of rotatable bonds is 3. The molecule has 1 aromatic heterocycles. The predicted octanol–water partition coefficient (Wildman–Crippen LogP) is 1.81. The highest BCUT2D eigenvalue weighted by atomic mass is 35.5. The molecule has 0 spiro atoms. The van der Waals surface area contributed by atoms with E-state index in [-0.39, 0.29) is 25.5 Å². The first-order valence-corrected chi connectivity index (χ1v) is 8.16. The Morgan fingerprint density at radius 3 is 2.64 bits per heavy atom. The fourth-order valence-electron chi connectivity index (χ4n) is 2.51. The van der Waals surface area contributed by atoms with E-state index in [1.165, 1.54) is 9.58 Å². The average Bonchev–Trinajstić information content (AvgIpc) is 2.96. The van der Waals surface area contributed by atoms with Crippen LogP contribution in [-0.2, 0) is 9.53 Å². The highest BCUT2D eigenvalue weighted by Crippen LogP contribution is 2.28. The summed E-state index contributed by atoms with van der Waals surface area (Å²) >= 11 is 12.4. The lowest BCUT2D eigenvalue weighted by molar-refractivity contribution is -0.154. The second kappa shape index (κ2) is 6.99. The van der Waals surface area contributed by atoms with Crippen molar-refractivity contribution in [1.29, 1.82) is 0 Å². The van der Waals surface area contributed by atoms with Crippen LogP contribution < -0.4 is 0 Å². The molecule has 2 aromatic rings. The molecule has 10 heteroatoms. The van der Waals surface area contributed by atoms with Crippen LogP contribution in [0, 0.1) is 6.92 Å². The summed E-state index contributed by atoms with van der Waals surface area (Å²) < 4.78 is 6.51. The number of hydrogen-bond acceptors (Lipinski definition) is 5. The molecular weight excluding hydrogens is 371 g/mol. The number of amides is 1. The Morgan fingerprint density at radius 2 is 2.00 bits per heavy atom. The van der Waals surface area contributed by atoms with E-state index in [4.69, 9.17) is 33.0 Å². The molecule has 1 saturated heterocycles. The van der Waals surface area contributed by atoms with Gasteiger partial charge in [-0.2, -0.15) is 0 Å². The van der Waals surface area contributed by atoms with Crippen LogP contribution in [0.3, 0.4) is 0 Å². The van der Waals surface area contributed by atoms with E-state index in [1.807, 2.05) is 0 Å². The zero-order chi connectivity index (χ0) is 18.1. The number of para-hydroxylation sites is 1. The van der Waals surface area contributed by atoms with Gasteiger partial charge in [0.1, 0.15) is 11.5 Å². The fourth-order valence-corrected chi connectivity index (χ4v) is 3.07. The van der Waals surface area contributed by atoms with Crippen LogP contribution in [0.5, 0.6) is 0 Å². The number of carboxylic acid groups (broad SMARTS) is 1. The third-order valence-electron chi connectivity index (χ3n) is 3.74. The molecule has 1 unspecified atom stereocenters. The van der Waals surface area contributed by atoms with Crippen LogP contribution >= 0.6 is 23.2 Å². The molecule has 8 nitrogen and oxygen atoms in total. The Morgan fingerprint density at radius 1 is 1.32 bits per heavy atom. The summed E-state index contributed by atoms with van der Waals surface area (Å²) in [5, 5.41) is 14.0. The lowest BCUT2D eigenvalue weighted by Crippen LogP contribution is -2.48. The highest BCUT2D eigenvalue weighted by Gasteiger charge is 2.31. The maximum absolute atomic E-state index is 12.6. The number of halogens is 2. The van der Waals surface area contributed by atoms with Gasteiger partial charge in [0.05, 0.1) is 23.2 Å². The van der Waals surface area contributed by atoms with Crippen LogP contribution in [0.1, 0.15) is 16.4 Å². The standard InChI is InChI=1S/C15H14Cl2N4O4/c1-8-18-13(14(22)20-5-6-25-11(7-20)15(23)24)19-21(8)12-9(16)3-2-4-10(12)17/h2-4,11H,5-7H2,1H3,(H,23,24). The highest BCUT2D eigenvalue weighted by molar-refractivity contribution is 6.37. The summed E-state index contributed by atoms with van der Waals surface area (Å²) in [4.78, 5) is 29.2. The number of morpholine rings is 1. The van der Waals surface area contributed by atoms with Crippen LogP contribution in [0.2, 0.25) is 10.0 Å². The Labute approximate surface area is 152 Å². The van der Waals surface area contributed by atoms with Gasteiger partial charge in [-0.15, -0.1) is 5.10 Å². The number of carbonyl (C=O) groups is 2. The molecule has 1 aliphatic rings. The molecule has 1 aliphatic heterocycles. The van der Waals surface area contributed by atoms with Crippen molar-refractivity contribution in [3.63, 3.8) is 0 Å². The number of hydrogen-bond donors (Lipinski definition) is 1. The van der Waals surface area contributed by atoms with Gasteiger partial charge in [-0.1, -0.05) is 29.3 Å². The summed E-state index contributed by atoms with van der Waals surface area (Å²) in [6.07, 6.45) is -1.06. The van der Waals surface area contributed by atoms with Crippen molar-refractivity contribution in [3.05, 3.63) is 39.9 Å². The van der Waals surface area contributed by atoms with Gasteiger partial charge in [-0.05, 0) is 19.1 Å². The number of aromatic nitrogens is 3. The maximum Gasteiger partial charge on any atom is 0.334 e. The summed E-state index contributed by atoms with van der Waals surface area (Å²) in [5.74, 6) is -1.21. The van der Waals surface area contributed by atoms with E-state index >= 15 is 0 Å². The van der Waals surface area contributed by atoms with E-state index in [1.54, 1.807) is 25.1 Å². The number of aliphatic carboxylic acids is 1. The van der Waals surface area contributed by atoms with Crippen molar-refractivity contribution >= 4 is 35.1 Å². The summed E-state index contributed by atoms with van der Waals surface area (Å²) in [5.41, 5.74) is 0.431. The molecule has 3 rings (SSSR count). The van der Waals surface area contributed by atoms with Crippen molar-refractivity contribution in [2.45, 2.75) is 13.0 Å². The molecular formula is C15H14Cl2N4O4. The first kappa shape index (κ1) is 17.7. The zero-order valence-corrected chi connectivity index (χ0v) is 14.7. The summed E-state index contributed by atoms with van der Waals surface area (Å²) in [6, 6.07) is 5.02. The van der Waals surface area contributed by atoms with E-state index < -0.39 is 18.0 Å². The van der Waals surface area contributed by atoms with Gasteiger partial charge in [-0.3, -0.25) is 4.79 Å². The molecule has 1 aromatic carbocycles. The quantitative estimate of drug-likeness (QED) is 0.866. The third kappa shape index (κ3) is 3.46. The molecule has 2 heterocycles. The average molecular weight is 385 g/mol. The number of carboxylic acids is 1. The summed E-state index contributed by atoms with van der Waals surface area (Å²) in [7, 11) is 0. The maximum atomic E-state index is 12.6. The van der Waals surface area contributed by atoms with Crippen LogP contribution in [0.25, 0.3) is 5.69 Å². The van der Waals surface area contributed by atoms with Crippen LogP contribution in [0.15, 0.2) is 18.2 Å². The number of benzene rings is 1. The van der Waals surface area contributed by atoms with Crippen LogP contribution in [-0.4, -0.2) is 62.4 Å². The lowest BCUT2D eigenvalue weighted by Gasteiger charge is -2.29. The topological polar surface area (TPSA) is 97.6 Å². The number of ether oxygens (including phenoxy) is 1. The molecule has 1 fully saturated rings. The fraction of sp³-hybridized carbons (Fsp3) is 0.333. The second-order valence-corrected chi connectivity index (χ2v) is 6.23. The Balaban J connectivity index is 1.90. The van der Waals surface area contributed by atoms with Gasteiger partial charge in [0.25, 0.3) is 5.91 Å². The van der Waals surface area contributed by atoms with Gasteiger partial charge in [0, 0.05) is 6.54 Å². The lowest BCUT2D eigenvalue weighted by atomic mass is 10.2. The Kier molecular flexibility index (Phi) is 4.94. The normalized spacial score (nSPS) is 17.6. The van der Waals surface area contributed by atoms with E-state index in [9.17, 15) is 9.59 Å². The van der Waals surface area contributed by atoms with Crippen molar-refractivity contribution in [2.75, 3.05) is 19.7 Å². The minimum absolute atomic E-state index is 0.0560. The van der Waals surface area contributed by atoms with Gasteiger partial charge in [-0.25, -0.2) is 14.5 Å².